The molecule has 36 heavy (non-hydrogen) atoms. The minimum atomic E-state index is -0.885. The fourth-order valence-corrected chi connectivity index (χ4v) is 3.86. The van der Waals surface area contributed by atoms with E-state index in [1.165, 1.54) is 6.08 Å². The summed E-state index contributed by atoms with van der Waals surface area (Å²) in [7, 11) is 0. The van der Waals surface area contributed by atoms with Gasteiger partial charge in [-0.3, -0.25) is 4.79 Å². The summed E-state index contributed by atoms with van der Waals surface area (Å²) in [4.78, 5) is 24.7. The lowest BCUT2D eigenvalue weighted by atomic mass is 10.1. The maximum Gasteiger partial charge on any atom is 0.349 e. The fourth-order valence-electron chi connectivity index (χ4n) is 3.86. The predicted molar refractivity (Wildman–Crippen MR) is 132 cm³/mol. The van der Waals surface area contributed by atoms with Crippen molar-refractivity contribution in [2.24, 2.45) is 0 Å². The maximum atomic E-state index is 12.5. The van der Waals surface area contributed by atoms with Gasteiger partial charge in [-0.1, -0.05) is 0 Å². The largest absolute Gasteiger partial charge is 0.494 e. The lowest BCUT2D eigenvalue weighted by molar-refractivity contribution is -0.142. The molecule has 2 heterocycles. The second-order valence-electron chi connectivity index (χ2n) is 7.95. The molecule has 2 aromatic carbocycles. The standard InChI is InChI=1S/C27H25N3O6/c1-4-33-23-8-6-22(7-9-23)30-17(2)11-19(18(30)3)12-20(14-28)27(32)34-15-26(31)29-21-5-10-24-25(13-21)36-16-35-24/h5-13H,4,15-16H2,1-3H3,(H,29,31). The number of rotatable bonds is 8. The van der Waals surface area contributed by atoms with E-state index in [0.717, 1.165) is 22.8 Å². The van der Waals surface area contributed by atoms with Crippen LogP contribution in [0.15, 0.2) is 54.1 Å². The molecule has 0 radical (unpaired) electrons. The van der Waals surface area contributed by atoms with Crippen LogP contribution in [-0.2, 0) is 14.3 Å². The molecule has 1 N–H and O–H groups in total. The molecule has 0 saturated carbocycles. The summed E-state index contributed by atoms with van der Waals surface area (Å²) in [6, 6.07) is 16.3. The van der Waals surface area contributed by atoms with Crippen LogP contribution in [0.1, 0.15) is 23.9 Å². The molecule has 0 aliphatic carbocycles. The van der Waals surface area contributed by atoms with Crippen molar-refractivity contribution < 1.29 is 28.5 Å². The van der Waals surface area contributed by atoms with Crippen LogP contribution in [0, 0.1) is 25.2 Å². The Morgan fingerprint density at radius 2 is 1.86 bits per heavy atom. The Balaban J connectivity index is 1.42. The summed E-state index contributed by atoms with van der Waals surface area (Å²) >= 11 is 0. The number of nitriles is 1. The number of benzene rings is 2. The summed E-state index contributed by atoms with van der Waals surface area (Å²) in [5.41, 5.74) is 3.65. The Morgan fingerprint density at radius 3 is 2.58 bits per heavy atom. The molecule has 1 aliphatic heterocycles. The van der Waals surface area contributed by atoms with Gasteiger partial charge in [-0.25, -0.2) is 4.79 Å². The summed E-state index contributed by atoms with van der Waals surface area (Å²) in [5, 5.41) is 12.2. The van der Waals surface area contributed by atoms with E-state index in [1.54, 1.807) is 18.2 Å². The Bertz CT molecular complexity index is 1370. The van der Waals surface area contributed by atoms with Gasteiger partial charge in [0.1, 0.15) is 17.4 Å². The maximum absolute atomic E-state index is 12.5. The second-order valence-corrected chi connectivity index (χ2v) is 7.95. The van der Waals surface area contributed by atoms with Crippen molar-refractivity contribution in [3.8, 4) is 29.0 Å². The number of aryl methyl sites for hydroxylation is 1. The SMILES string of the molecule is CCOc1ccc(-n2c(C)cc(C=C(C#N)C(=O)OCC(=O)Nc3ccc4c(c3)OCO4)c2C)cc1. The minimum Gasteiger partial charge on any atom is -0.494 e. The lowest BCUT2D eigenvalue weighted by Crippen LogP contribution is -2.21. The van der Waals surface area contributed by atoms with Crippen molar-refractivity contribution in [2.45, 2.75) is 20.8 Å². The summed E-state index contributed by atoms with van der Waals surface area (Å²) in [6.45, 7) is 5.92. The van der Waals surface area contributed by atoms with Gasteiger partial charge in [-0.05, 0) is 74.9 Å². The third-order valence-electron chi connectivity index (χ3n) is 5.51. The first-order valence-corrected chi connectivity index (χ1v) is 11.3. The molecule has 4 rings (SSSR count). The molecule has 0 atom stereocenters. The molecule has 0 bridgehead atoms. The van der Waals surface area contributed by atoms with Crippen LogP contribution in [0.3, 0.4) is 0 Å². The third-order valence-corrected chi connectivity index (χ3v) is 5.51. The highest BCUT2D eigenvalue weighted by atomic mass is 16.7. The van der Waals surface area contributed by atoms with Crippen molar-refractivity contribution >= 4 is 23.6 Å². The molecule has 9 nitrogen and oxygen atoms in total. The van der Waals surface area contributed by atoms with E-state index in [2.05, 4.69) is 5.32 Å². The van der Waals surface area contributed by atoms with Gasteiger partial charge in [-0.15, -0.1) is 0 Å². The van der Waals surface area contributed by atoms with Crippen LogP contribution in [0.25, 0.3) is 11.8 Å². The number of esters is 1. The quantitative estimate of drug-likeness (QED) is 0.286. The number of aromatic nitrogens is 1. The average Bonchev–Trinajstić information content (AvgIpc) is 3.45. The molecule has 0 unspecified atom stereocenters. The molecular weight excluding hydrogens is 462 g/mol. The number of ether oxygens (including phenoxy) is 4. The van der Waals surface area contributed by atoms with Crippen molar-refractivity contribution in [1.82, 2.24) is 4.57 Å². The van der Waals surface area contributed by atoms with Gasteiger partial charge in [-0.2, -0.15) is 5.26 Å². The van der Waals surface area contributed by atoms with E-state index >= 15 is 0 Å². The van der Waals surface area contributed by atoms with Crippen molar-refractivity contribution in [1.29, 1.82) is 5.26 Å². The van der Waals surface area contributed by atoms with E-state index in [-0.39, 0.29) is 12.4 Å². The summed E-state index contributed by atoms with van der Waals surface area (Å²) < 4.78 is 23.1. The van der Waals surface area contributed by atoms with Crippen LogP contribution >= 0.6 is 0 Å². The monoisotopic (exact) mass is 487 g/mol. The highest BCUT2D eigenvalue weighted by Crippen LogP contribution is 2.34. The Kier molecular flexibility index (Phi) is 7.25. The highest BCUT2D eigenvalue weighted by molar-refractivity contribution is 6.00. The minimum absolute atomic E-state index is 0.121. The van der Waals surface area contributed by atoms with Crippen LogP contribution in [0.5, 0.6) is 17.2 Å². The van der Waals surface area contributed by atoms with Crippen LogP contribution in [0.4, 0.5) is 5.69 Å². The number of hydrogen-bond acceptors (Lipinski definition) is 7. The van der Waals surface area contributed by atoms with Crippen LogP contribution in [-0.4, -0.2) is 36.5 Å². The van der Waals surface area contributed by atoms with E-state index < -0.39 is 18.5 Å². The number of anilines is 1. The van der Waals surface area contributed by atoms with Gasteiger partial charge in [0, 0.05) is 28.8 Å². The zero-order valence-electron chi connectivity index (χ0n) is 20.2. The summed E-state index contributed by atoms with van der Waals surface area (Å²) in [5.74, 6) is 0.450. The van der Waals surface area contributed by atoms with E-state index in [4.69, 9.17) is 18.9 Å². The number of carbonyl (C=O) groups is 2. The first-order chi connectivity index (χ1) is 17.4. The Hall–Kier alpha value is -4.71. The Morgan fingerprint density at radius 1 is 1.11 bits per heavy atom. The van der Waals surface area contributed by atoms with Gasteiger partial charge >= 0.3 is 5.97 Å². The van der Waals surface area contributed by atoms with Gasteiger partial charge in [0.2, 0.25) is 6.79 Å². The number of amides is 1. The molecule has 184 valence electrons. The molecule has 0 spiro atoms. The zero-order valence-corrected chi connectivity index (χ0v) is 20.2. The molecular formula is C27H25N3O6. The number of fused-ring (bicyclic) bond motifs is 1. The normalized spacial score (nSPS) is 12.1. The van der Waals surface area contributed by atoms with Crippen LogP contribution in [0.2, 0.25) is 0 Å². The molecule has 0 saturated heterocycles. The van der Waals surface area contributed by atoms with Crippen molar-refractivity contribution in [3.05, 3.63) is 71.1 Å². The second kappa shape index (κ2) is 10.7. The highest BCUT2D eigenvalue weighted by Gasteiger charge is 2.18. The van der Waals surface area contributed by atoms with Crippen LogP contribution < -0.4 is 19.5 Å². The molecule has 1 amide bonds. The topological polar surface area (TPSA) is 112 Å². The third kappa shape index (κ3) is 5.33. The molecule has 9 heteroatoms. The van der Waals surface area contributed by atoms with Gasteiger partial charge in [0.25, 0.3) is 5.91 Å². The average molecular weight is 488 g/mol. The molecule has 0 fully saturated rings. The number of nitrogens with zero attached hydrogens (tertiary/aromatic N) is 2. The zero-order chi connectivity index (χ0) is 25.7. The fraction of sp³-hybridized carbons (Fsp3) is 0.222. The Labute approximate surface area is 208 Å². The summed E-state index contributed by atoms with van der Waals surface area (Å²) in [6.07, 6.45) is 1.46. The van der Waals surface area contributed by atoms with E-state index in [0.29, 0.717) is 29.4 Å². The number of carbonyl (C=O) groups excluding carboxylic acids is 2. The van der Waals surface area contributed by atoms with E-state index in [1.807, 2.05) is 61.7 Å². The van der Waals surface area contributed by atoms with Gasteiger partial charge < -0.3 is 28.8 Å². The van der Waals surface area contributed by atoms with Crippen molar-refractivity contribution in [2.75, 3.05) is 25.3 Å². The predicted octanol–water partition coefficient (Wildman–Crippen LogP) is 4.31. The first-order valence-electron chi connectivity index (χ1n) is 11.3. The smallest absolute Gasteiger partial charge is 0.349 e. The number of nitrogens with one attached hydrogen (secondary N) is 1. The molecule has 1 aliphatic rings. The van der Waals surface area contributed by atoms with Crippen molar-refractivity contribution in [3.63, 3.8) is 0 Å². The molecule has 3 aromatic rings. The molecule has 1 aromatic heterocycles. The van der Waals surface area contributed by atoms with E-state index in [9.17, 15) is 14.9 Å². The lowest BCUT2D eigenvalue weighted by Gasteiger charge is -2.11. The van der Waals surface area contributed by atoms with Gasteiger partial charge in [0.15, 0.2) is 18.1 Å². The number of hydrogen-bond donors (Lipinski definition) is 1. The van der Waals surface area contributed by atoms with Gasteiger partial charge in [0.05, 0.1) is 6.61 Å². The first kappa shape index (κ1) is 24.4.